The fourth-order valence-electron chi connectivity index (χ4n) is 5.58. The quantitative estimate of drug-likeness (QED) is 0.782. The second-order valence-corrected chi connectivity index (χ2v) is 9.59. The van der Waals surface area contributed by atoms with Gasteiger partial charge in [-0.3, -0.25) is 19.5 Å². The van der Waals surface area contributed by atoms with Crippen LogP contribution in [0.5, 0.6) is 0 Å². The Labute approximate surface area is 180 Å². The van der Waals surface area contributed by atoms with Gasteiger partial charge in [0.1, 0.15) is 18.7 Å². The Kier molecular flexibility index (Phi) is 4.84. The molecule has 4 atom stereocenters. The van der Waals surface area contributed by atoms with Crippen molar-refractivity contribution in [1.82, 2.24) is 20.4 Å². The summed E-state index contributed by atoms with van der Waals surface area (Å²) in [6, 6.07) is 4.11. The molecule has 31 heavy (non-hydrogen) atoms. The number of hydrogen-bond donors (Lipinski definition) is 2. The minimum absolute atomic E-state index is 0.0472. The lowest BCUT2D eigenvalue weighted by atomic mass is 9.79. The molecule has 8 nitrogen and oxygen atoms in total. The molecule has 1 aromatic carbocycles. The third-order valence-electron chi connectivity index (χ3n) is 7.39. The van der Waals surface area contributed by atoms with Gasteiger partial charge in [0.05, 0.1) is 17.8 Å². The highest BCUT2D eigenvalue weighted by molar-refractivity contribution is 6.01. The van der Waals surface area contributed by atoms with Gasteiger partial charge in [-0.1, -0.05) is 32.8 Å². The number of ketones is 1. The summed E-state index contributed by atoms with van der Waals surface area (Å²) in [5, 5.41) is 10.8. The molecule has 164 valence electrons. The molecule has 0 bridgehead atoms. The molecule has 3 aliphatic rings. The van der Waals surface area contributed by atoms with Crippen LogP contribution in [-0.4, -0.2) is 64.0 Å². The van der Waals surface area contributed by atoms with Crippen LogP contribution in [0.25, 0.3) is 10.9 Å². The van der Waals surface area contributed by atoms with E-state index in [0.717, 1.165) is 36.6 Å². The van der Waals surface area contributed by atoms with E-state index in [9.17, 15) is 14.4 Å². The number of carbonyl (C=O) groups is 3. The molecule has 0 unspecified atom stereocenters. The van der Waals surface area contributed by atoms with Crippen LogP contribution in [0.1, 0.15) is 49.9 Å². The second kappa shape index (κ2) is 7.44. The van der Waals surface area contributed by atoms with E-state index in [2.05, 4.69) is 22.4 Å². The molecule has 5 rings (SSSR count). The lowest BCUT2D eigenvalue weighted by Crippen LogP contribution is -2.57. The van der Waals surface area contributed by atoms with Gasteiger partial charge in [0.2, 0.25) is 5.91 Å². The molecule has 2 aromatic rings. The predicted molar refractivity (Wildman–Crippen MR) is 113 cm³/mol. The van der Waals surface area contributed by atoms with Crippen LogP contribution in [0.4, 0.5) is 0 Å². The Morgan fingerprint density at radius 1 is 1.32 bits per heavy atom. The minimum atomic E-state index is -0.681. The lowest BCUT2D eigenvalue weighted by Gasteiger charge is -2.37. The number of ether oxygens (including phenoxy) is 1. The van der Waals surface area contributed by atoms with Gasteiger partial charge in [0.25, 0.3) is 5.91 Å². The van der Waals surface area contributed by atoms with Crippen LogP contribution in [0.2, 0.25) is 0 Å². The van der Waals surface area contributed by atoms with Crippen molar-refractivity contribution in [3.8, 4) is 0 Å². The monoisotopic (exact) mass is 424 g/mol. The number of hydrogen-bond acceptors (Lipinski definition) is 5. The van der Waals surface area contributed by atoms with E-state index < -0.39 is 12.1 Å². The summed E-state index contributed by atoms with van der Waals surface area (Å²) in [5.74, 6) is -0.413. The van der Waals surface area contributed by atoms with Crippen LogP contribution < -0.4 is 5.32 Å². The Balaban J connectivity index is 1.44. The van der Waals surface area contributed by atoms with E-state index in [1.807, 2.05) is 13.0 Å². The summed E-state index contributed by atoms with van der Waals surface area (Å²) in [6.07, 6.45) is 5.25. The zero-order chi connectivity index (χ0) is 21.8. The zero-order valence-electron chi connectivity index (χ0n) is 17.9. The molecule has 3 heterocycles. The number of benzene rings is 1. The summed E-state index contributed by atoms with van der Waals surface area (Å²) < 4.78 is 5.66. The topological polar surface area (TPSA) is 104 Å². The van der Waals surface area contributed by atoms with Crippen LogP contribution in [0.3, 0.4) is 0 Å². The molecule has 2 aliphatic heterocycles. The maximum atomic E-state index is 13.8. The van der Waals surface area contributed by atoms with Crippen molar-refractivity contribution < 1.29 is 19.1 Å². The Hall–Kier alpha value is -2.74. The maximum Gasteiger partial charge on any atom is 0.252 e. The standard InChI is InChI=1S/C23H28N4O4/c1-13-11-27(18-17(28)12-31-19(13)18)22(30)20(23(2)7-3-4-8-23)25-21(29)14-5-6-15-10-24-26-16(15)9-14/h5-6,9-10,13,18-20H,3-4,7-8,11-12H2,1-2H3,(H,24,26)(H,25,29)/t13-,18-,19-,20-/m1/s1. The van der Waals surface area contributed by atoms with Gasteiger partial charge in [0, 0.05) is 23.4 Å². The molecule has 3 fully saturated rings. The molecular formula is C23H28N4O4. The molecule has 0 radical (unpaired) electrons. The largest absolute Gasteiger partial charge is 0.367 e. The first kappa shape index (κ1) is 20.2. The number of nitrogens with one attached hydrogen (secondary N) is 2. The van der Waals surface area contributed by atoms with E-state index in [1.165, 1.54) is 0 Å². The minimum Gasteiger partial charge on any atom is -0.367 e. The van der Waals surface area contributed by atoms with Crippen LogP contribution in [0.15, 0.2) is 24.4 Å². The van der Waals surface area contributed by atoms with Gasteiger partial charge >= 0.3 is 0 Å². The number of aromatic amines is 1. The fraction of sp³-hybridized carbons (Fsp3) is 0.565. The van der Waals surface area contributed by atoms with Crippen molar-refractivity contribution in [2.75, 3.05) is 13.2 Å². The Morgan fingerprint density at radius 3 is 2.87 bits per heavy atom. The van der Waals surface area contributed by atoms with Crippen LogP contribution in [0, 0.1) is 11.3 Å². The molecule has 2 amide bonds. The van der Waals surface area contributed by atoms with Gasteiger partial charge in [-0.2, -0.15) is 5.10 Å². The highest BCUT2D eigenvalue weighted by Gasteiger charge is 2.54. The SMILES string of the molecule is C[C@@H]1CN(C(=O)[C@@H](NC(=O)c2ccc3cn[nH]c3c2)C2(C)CCCC2)[C@@H]2C(=O)CO[C@H]12. The summed E-state index contributed by atoms with van der Waals surface area (Å²) >= 11 is 0. The van der Waals surface area contributed by atoms with Gasteiger partial charge in [-0.15, -0.1) is 0 Å². The van der Waals surface area contributed by atoms with Crippen molar-refractivity contribution >= 4 is 28.5 Å². The van der Waals surface area contributed by atoms with Gasteiger partial charge < -0.3 is 15.0 Å². The van der Waals surface area contributed by atoms with Gasteiger partial charge in [0.15, 0.2) is 5.78 Å². The van der Waals surface area contributed by atoms with E-state index >= 15 is 0 Å². The average molecular weight is 425 g/mol. The number of carbonyl (C=O) groups excluding carboxylic acids is 3. The highest BCUT2D eigenvalue weighted by Crippen LogP contribution is 2.42. The number of aromatic nitrogens is 2. The lowest BCUT2D eigenvalue weighted by molar-refractivity contribution is -0.140. The number of Topliss-reactive ketones (excluding diaryl/α,β-unsaturated/α-hetero) is 1. The van der Waals surface area contributed by atoms with Crippen molar-refractivity contribution in [3.05, 3.63) is 30.0 Å². The summed E-state index contributed by atoms with van der Waals surface area (Å²) in [6.45, 7) is 4.61. The van der Waals surface area contributed by atoms with Crippen molar-refractivity contribution in [2.24, 2.45) is 11.3 Å². The Bertz CT molecular complexity index is 1040. The number of fused-ring (bicyclic) bond motifs is 2. The molecule has 1 saturated carbocycles. The van der Waals surface area contributed by atoms with Gasteiger partial charge in [-0.25, -0.2) is 0 Å². The second-order valence-electron chi connectivity index (χ2n) is 9.59. The normalized spacial score (nSPS) is 28.1. The van der Waals surface area contributed by atoms with E-state index in [1.54, 1.807) is 23.2 Å². The number of nitrogens with zero attached hydrogens (tertiary/aromatic N) is 2. The molecule has 2 N–H and O–H groups in total. The molecular weight excluding hydrogens is 396 g/mol. The van der Waals surface area contributed by atoms with Gasteiger partial charge in [-0.05, 0) is 30.4 Å². The van der Waals surface area contributed by atoms with E-state index in [-0.39, 0.29) is 41.6 Å². The van der Waals surface area contributed by atoms with Crippen molar-refractivity contribution in [3.63, 3.8) is 0 Å². The van der Waals surface area contributed by atoms with Crippen LogP contribution >= 0.6 is 0 Å². The molecule has 8 heteroatoms. The molecule has 2 saturated heterocycles. The predicted octanol–water partition coefficient (Wildman–Crippen LogP) is 2.06. The third kappa shape index (κ3) is 3.33. The summed E-state index contributed by atoms with van der Waals surface area (Å²) in [4.78, 5) is 41.1. The fourth-order valence-corrected chi connectivity index (χ4v) is 5.58. The smallest absolute Gasteiger partial charge is 0.252 e. The maximum absolute atomic E-state index is 13.8. The number of amides is 2. The molecule has 0 spiro atoms. The molecule has 1 aliphatic carbocycles. The average Bonchev–Trinajstić information content (AvgIpc) is 3.52. The highest BCUT2D eigenvalue weighted by atomic mass is 16.5. The van der Waals surface area contributed by atoms with Crippen molar-refractivity contribution in [1.29, 1.82) is 0 Å². The number of likely N-dealkylation sites (tertiary alicyclic amines) is 1. The van der Waals surface area contributed by atoms with E-state index in [0.29, 0.717) is 12.1 Å². The number of H-pyrrole nitrogens is 1. The first-order valence-corrected chi connectivity index (χ1v) is 11.1. The zero-order valence-corrected chi connectivity index (χ0v) is 17.9. The van der Waals surface area contributed by atoms with Crippen molar-refractivity contribution in [2.45, 2.75) is 57.7 Å². The third-order valence-corrected chi connectivity index (χ3v) is 7.39. The first-order valence-electron chi connectivity index (χ1n) is 11.1. The van der Waals surface area contributed by atoms with Crippen LogP contribution in [-0.2, 0) is 14.3 Å². The number of rotatable bonds is 4. The summed E-state index contributed by atoms with van der Waals surface area (Å²) in [5.41, 5.74) is 0.908. The van der Waals surface area contributed by atoms with E-state index in [4.69, 9.17) is 4.74 Å². The summed E-state index contributed by atoms with van der Waals surface area (Å²) in [7, 11) is 0. The molecule has 1 aromatic heterocycles. The first-order chi connectivity index (χ1) is 14.9. The Morgan fingerprint density at radius 2 is 2.10 bits per heavy atom.